The van der Waals surface area contributed by atoms with E-state index in [4.69, 9.17) is 25.8 Å². The summed E-state index contributed by atoms with van der Waals surface area (Å²) < 4.78 is 17.4. The van der Waals surface area contributed by atoms with Crippen LogP contribution in [0.15, 0.2) is 18.2 Å². The van der Waals surface area contributed by atoms with E-state index >= 15 is 0 Å². The summed E-state index contributed by atoms with van der Waals surface area (Å²) in [7, 11) is 0. The summed E-state index contributed by atoms with van der Waals surface area (Å²) in [5.41, 5.74) is 0.0277. The molecule has 154 valence electrons. The maximum absolute atomic E-state index is 12.9. The average molecular weight is 411 g/mol. The minimum atomic E-state index is -0.882. The number of benzene rings is 1. The van der Waals surface area contributed by atoms with Gasteiger partial charge in [-0.15, -0.1) is 0 Å². The molecule has 2 aliphatic rings. The van der Waals surface area contributed by atoms with Crippen LogP contribution in [-0.4, -0.2) is 79.8 Å². The number of carbonyl (C=O) groups is 2. The van der Waals surface area contributed by atoms with Crippen LogP contribution in [0.1, 0.15) is 18.9 Å². The summed E-state index contributed by atoms with van der Waals surface area (Å²) in [5, 5.41) is 0.668. The minimum absolute atomic E-state index is 0.00964. The molecule has 8 heteroatoms. The summed E-state index contributed by atoms with van der Waals surface area (Å²) >= 11 is 6.08. The van der Waals surface area contributed by atoms with Crippen LogP contribution in [0.4, 0.5) is 0 Å². The molecule has 0 bridgehead atoms. The van der Waals surface area contributed by atoms with Crippen molar-refractivity contribution in [2.24, 2.45) is 0 Å². The summed E-state index contributed by atoms with van der Waals surface area (Å²) in [6, 6.07) is 5.42. The molecule has 0 radical (unpaired) electrons. The molecule has 28 heavy (non-hydrogen) atoms. The molecule has 1 atom stereocenters. The normalized spacial score (nSPS) is 22.8. The topological polar surface area (TPSA) is 68.3 Å². The van der Waals surface area contributed by atoms with Gasteiger partial charge in [0.15, 0.2) is 0 Å². The third kappa shape index (κ3) is 5.16. The number of hydrogen-bond acceptors (Lipinski definition) is 5. The molecule has 2 heterocycles. The van der Waals surface area contributed by atoms with Gasteiger partial charge in [0.1, 0.15) is 18.0 Å². The second-order valence-electron chi connectivity index (χ2n) is 7.34. The molecular weight excluding hydrogens is 384 g/mol. The van der Waals surface area contributed by atoms with E-state index in [9.17, 15) is 9.59 Å². The summed E-state index contributed by atoms with van der Waals surface area (Å²) in [6.45, 7) is 7.05. The second-order valence-corrected chi connectivity index (χ2v) is 7.75. The van der Waals surface area contributed by atoms with Gasteiger partial charge in [-0.1, -0.05) is 11.6 Å². The quantitative estimate of drug-likeness (QED) is 0.741. The number of nitrogens with zero attached hydrogens (tertiary/aromatic N) is 2. The van der Waals surface area contributed by atoms with E-state index in [2.05, 4.69) is 0 Å². The van der Waals surface area contributed by atoms with E-state index in [0.717, 1.165) is 5.56 Å². The van der Waals surface area contributed by atoms with Gasteiger partial charge in [-0.2, -0.15) is 0 Å². The van der Waals surface area contributed by atoms with E-state index < -0.39 is 5.60 Å². The lowest BCUT2D eigenvalue weighted by Gasteiger charge is -2.42. The largest absolute Gasteiger partial charge is 0.490 e. The molecule has 2 saturated heterocycles. The van der Waals surface area contributed by atoms with Gasteiger partial charge in [0.25, 0.3) is 0 Å². The van der Waals surface area contributed by atoms with Gasteiger partial charge in [-0.05, 0) is 30.7 Å². The zero-order chi connectivity index (χ0) is 20.1. The van der Waals surface area contributed by atoms with Gasteiger partial charge in [0.2, 0.25) is 11.8 Å². The molecule has 7 nitrogen and oxygen atoms in total. The molecule has 0 unspecified atom stereocenters. The van der Waals surface area contributed by atoms with E-state index in [1.807, 2.05) is 13.0 Å². The van der Waals surface area contributed by atoms with Crippen molar-refractivity contribution >= 4 is 23.4 Å². The molecule has 0 aromatic heterocycles. The lowest BCUT2D eigenvalue weighted by Crippen LogP contribution is -2.58. The predicted octanol–water partition coefficient (Wildman–Crippen LogP) is 1.89. The van der Waals surface area contributed by atoms with Gasteiger partial charge >= 0.3 is 0 Å². The summed E-state index contributed by atoms with van der Waals surface area (Å²) in [4.78, 5) is 28.3. The first-order chi connectivity index (χ1) is 13.4. The highest BCUT2D eigenvalue weighted by Crippen LogP contribution is 2.27. The monoisotopic (exact) mass is 410 g/mol. The third-order valence-corrected chi connectivity index (χ3v) is 5.59. The summed E-state index contributed by atoms with van der Waals surface area (Å²) in [6.07, 6.45) is 0.156. The number of aryl methyl sites for hydroxylation is 1. The van der Waals surface area contributed by atoms with Crippen LogP contribution in [-0.2, 0) is 19.1 Å². The molecule has 2 amide bonds. The Balaban J connectivity index is 1.74. The Morgan fingerprint density at radius 2 is 1.89 bits per heavy atom. The molecule has 3 rings (SSSR count). The number of rotatable bonds is 5. The van der Waals surface area contributed by atoms with Gasteiger partial charge in [0.05, 0.1) is 32.8 Å². The Labute approximate surface area is 170 Å². The van der Waals surface area contributed by atoms with Gasteiger partial charge in [-0.25, -0.2) is 0 Å². The highest BCUT2D eigenvalue weighted by Gasteiger charge is 2.41. The van der Waals surface area contributed by atoms with Crippen LogP contribution >= 0.6 is 11.6 Å². The number of hydrogen-bond donors (Lipinski definition) is 0. The number of ether oxygens (including phenoxy) is 3. The van der Waals surface area contributed by atoms with Crippen molar-refractivity contribution in [3.8, 4) is 5.75 Å². The van der Waals surface area contributed by atoms with Crippen molar-refractivity contribution in [1.82, 2.24) is 9.80 Å². The number of amides is 2. The Morgan fingerprint density at radius 1 is 1.18 bits per heavy atom. The Morgan fingerprint density at radius 3 is 2.57 bits per heavy atom. The number of morpholine rings is 2. The Kier molecular flexibility index (Phi) is 6.80. The average Bonchev–Trinajstić information content (AvgIpc) is 2.70. The molecular formula is C20H27ClN2O5. The SMILES string of the molecule is CC(=O)N1CCO[C@@](COc2ccc(Cl)c(C)c2)(CC(=O)N2CCOCC2)C1. The first kappa shape index (κ1) is 20.9. The Bertz CT molecular complexity index is 723. The second kappa shape index (κ2) is 9.11. The first-order valence-corrected chi connectivity index (χ1v) is 9.90. The fraction of sp³-hybridized carbons (Fsp3) is 0.600. The maximum atomic E-state index is 12.9. The van der Waals surface area contributed by atoms with E-state index in [-0.39, 0.29) is 24.8 Å². The molecule has 0 spiro atoms. The van der Waals surface area contributed by atoms with Crippen molar-refractivity contribution in [3.05, 3.63) is 28.8 Å². The first-order valence-electron chi connectivity index (χ1n) is 9.52. The highest BCUT2D eigenvalue weighted by molar-refractivity contribution is 6.31. The van der Waals surface area contributed by atoms with Crippen LogP contribution < -0.4 is 4.74 Å². The zero-order valence-electron chi connectivity index (χ0n) is 16.4. The fourth-order valence-electron chi connectivity index (χ4n) is 3.48. The Hall–Kier alpha value is -1.83. The van der Waals surface area contributed by atoms with Gasteiger partial charge in [-0.3, -0.25) is 9.59 Å². The fourth-order valence-corrected chi connectivity index (χ4v) is 3.60. The number of carbonyl (C=O) groups excluding carboxylic acids is 2. The standard InChI is InChI=1S/C20H27ClN2O5/c1-15-11-17(3-4-18(15)21)27-14-20(13-23(16(2)24)7-10-28-20)12-19(25)22-5-8-26-9-6-22/h3-4,11H,5-10,12-14H2,1-2H3/t20-/m0/s1. The van der Waals surface area contributed by atoms with Crippen LogP contribution in [0, 0.1) is 6.92 Å². The van der Waals surface area contributed by atoms with Gasteiger partial charge < -0.3 is 24.0 Å². The molecule has 2 aliphatic heterocycles. The zero-order valence-corrected chi connectivity index (χ0v) is 17.2. The van der Waals surface area contributed by atoms with Crippen molar-refractivity contribution in [2.45, 2.75) is 25.9 Å². The highest BCUT2D eigenvalue weighted by atomic mass is 35.5. The molecule has 2 fully saturated rings. The maximum Gasteiger partial charge on any atom is 0.225 e. The summed E-state index contributed by atoms with van der Waals surface area (Å²) in [5.74, 6) is 0.613. The molecule has 1 aromatic rings. The molecule has 0 aliphatic carbocycles. The van der Waals surface area contributed by atoms with Gasteiger partial charge in [0, 0.05) is 31.6 Å². The lowest BCUT2D eigenvalue weighted by molar-refractivity contribution is -0.166. The van der Waals surface area contributed by atoms with Crippen LogP contribution in [0.3, 0.4) is 0 Å². The third-order valence-electron chi connectivity index (χ3n) is 5.16. The lowest BCUT2D eigenvalue weighted by atomic mass is 9.96. The van der Waals surface area contributed by atoms with Crippen molar-refractivity contribution in [1.29, 1.82) is 0 Å². The van der Waals surface area contributed by atoms with Crippen LogP contribution in [0.5, 0.6) is 5.75 Å². The van der Waals surface area contributed by atoms with Crippen molar-refractivity contribution in [3.63, 3.8) is 0 Å². The molecule has 1 aromatic carbocycles. The van der Waals surface area contributed by atoms with Crippen molar-refractivity contribution in [2.75, 3.05) is 52.6 Å². The van der Waals surface area contributed by atoms with E-state index in [1.54, 1.807) is 21.9 Å². The van der Waals surface area contributed by atoms with E-state index in [1.165, 1.54) is 6.92 Å². The molecule has 0 N–H and O–H groups in total. The molecule has 0 saturated carbocycles. The van der Waals surface area contributed by atoms with E-state index in [0.29, 0.717) is 56.8 Å². The predicted molar refractivity (Wildman–Crippen MR) is 105 cm³/mol. The smallest absolute Gasteiger partial charge is 0.225 e. The number of halogens is 1. The van der Waals surface area contributed by atoms with Crippen LogP contribution in [0.25, 0.3) is 0 Å². The van der Waals surface area contributed by atoms with Crippen molar-refractivity contribution < 1.29 is 23.8 Å². The van der Waals surface area contributed by atoms with Crippen LogP contribution in [0.2, 0.25) is 5.02 Å². The minimum Gasteiger partial charge on any atom is -0.490 e.